The summed E-state index contributed by atoms with van der Waals surface area (Å²) in [5.41, 5.74) is 10.6. The van der Waals surface area contributed by atoms with Gasteiger partial charge in [-0.2, -0.15) is 0 Å². The minimum atomic E-state index is -0.736. The lowest BCUT2D eigenvalue weighted by molar-refractivity contribution is -0.143. The summed E-state index contributed by atoms with van der Waals surface area (Å²) in [7, 11) is 0. The maximum absolute atomic E-state index is 10.9. The molecule has 0 aromatic heterocycles. The number of halogens is 1. The van der Waals surface area contributed by atoms with Crippen molar-refractivity contribution in [2.45, 2.75) is 13.0 Å². The minimum absolute atomic E-state index is 0.334. The van der Waals surface area contributed by atoms with Gasteiger partial charge in [0.05, 0.1) is 6.61 Å². The first-order chi connectivity index (χ1) is 5.13. The summed E-state index contributed by atoms with van der Waals surface area (Å²) in [6.07, 6.45) is 1.29. The molecule has 0 spiro atoms. The van der Waals surface area contributed by atoms with Crippen molar-refractivity contribution in [3.05, 3.63) is 9.78 Å². The molecule has 0 rings (SSSR count). The number of ether oxygens (including phenoxy) is 1. The number of carbonyl (C=O) groups is 1. The van der Waals surface area contributed by atoms with Gasteiger partial charge in [-0.25, -0.2) is 4.79 Å². The van der Waals surface area contributed by atoms with Crippen molar-refractivity contribution in [1.29, 1.82) is 0 Å². The Labute approximate surface area is 79.1 Å². The molecule has 0 bridgehead atoms. The van der Waals surface area contributed by atoms with Gasteiger partial charge in [0, 0.05) is 9.78 Å². The van der Waals surface area contributed by atoms with Crippen molar-refractivity contribution in [3.63, 3.8) is 0 Å². The van der Waals surface area contributed by atoms with E-state index in [1.54, 1.807) is 6.92 Å². The number of rotatable bonds is 3. The van der Waals surface area contributed by atoms with E-state index in [4.69, 9.17) is 11.5 Å². The third kappa shape index (κ3) is 3.57. The van der Waals surface area contributed by atoms with Crippen LogP contribution in [-0.2, 0) is 9.53 Å². The van der Waals surface area contributed by atoms with Gasteiger partial charge in [-0.15, -0.1) is 0 Å². The molecule has 64 valence electrons. The molecule has 0 aromatic rings. The van der Waals surface area contributed by atoms with Gasteiger partial charge < -0.3 is 16.2 Å². The van der Waals surface area contributed by atoms with Gasteiger partial charge in [0.15, 0.2) is 0 Å². The standard InChI is InChI=1S/C6H11IN2O2/c1-2-11-6(10)5(9)4(7)3-8/h3,5H,2,8-9H2,1H3/b4-3+. The van der Waals surface area contributed by atoms with Crippen molar-refractivity contribution in [2.24, 2.45) is 11.5 Å². The van der Waals surface area contributed by atoms with Crippen molar-refractivity contribution in [3.8, 4) is 0 Å². The lowest BCUT2D eigenvalue weighted by Crippen LogP contribution is -2.32. The topological polar surface area (TPSA) is 78.3 Å². The molecule has 0 aliphatic rings. The molecular weight excluding hydrogens is 259 g/mol. The first-order valence-corrected chi connectivity index (χ1v) is 4.20. The molecule has 0 aromatic carbocycles. The lowest BCUT2D eigenvalue weighted by atomic mass is 10.3. The summed E-state index contributed by atoms with van der Waals surface area (Å²) < 4.78 is 5.25. The van der Waals surface area contributed by atoms with Gasteiger partial charge >= 0.3 is 5.97 Å². The summed E-state index contributed by atoms with van der Waals surface area (Å²) in [6, 6.07) is -0.736. The van der Waals surface area contributed by atoms with Crippen molar-refractivity contribution < 1.29 is 9.53 Å². The molecule has 1 atom stereocenters. The molecule has 11 heavy (non-hydrogen) atoms. The first-order valence-electron chi connectivity index (χ1n) is 3.13. The van der Waals surface area contributed by atoms with Crippen LogP contribution < -0.4 is 11.5 Å². The highest BCUT2D eigenvalue weighted by Gasteiger charge is 2.16. The zero-order valence-electron chi connectivity index (χ0n) is 6.21. The Kier molecular flexibility index (Phi) is 5.22. The second-order valence-corrected chi connectivity index (χ2v) is 3.03. The van der Waals surface area contributed by atoms with E-state index in [0.29, 0.717) is 10.2 Å². The molecule has 4 nitrogen and oxygen atoms in total. The Hall–Kier alpha value is -0.300. The van der Waals surface area contributed by atoms with Crippen LogP contribution in [0.4, 0.5) is 0 Å². The van der Waals surface area contributed by atoms with E-state index in [1.165, 1.54) is 6.20 Å². The Morgan fingerprint density at radius 3 is 2.73 bits per heavy atom. The zero-order valence-corrected chi connectivity index (χ0v) is 8.37. The smallest absolute Gasteiger partial charge is 0.328 e. The fourth-order valence-electron chi connectivity index (χ4n) is 0.448. The van der Waals surface area contributed by atoms with E-state index in [0.717, 1.165) is 0 Å². The monoisotopic (exact) mass is 270 g/mol. The van der Waals surface area contributed by atoms with Crippen LogP contribution in [0.25, 0.3) is 0 Å². The fourth-order valence-corrected chi connectivity index (χ4v) is 0.703. The number of carbonyl (C=O) groups excluding carboxylic acids is 1. The van der Waals surface area contributed by atoms with Gasteiger partial charge in [0.2, 0.25) is 0 Å². The third-order valence-electron chi connectivity index (χ3n) is 0.997. The van der Waals surface area contributed by atoms with E-state index < -0.39 is 12.0 Å². The average Bonchev–Trinajstić information content (AvgIpc) is 2.02. The van der Waals surface area contributed by atoms with E-state index >= 15 is 0 Å². The van der Waals surface area contributed by atoms with Crippen LogP contribution in [0, 0.1) is 0 Å². The average molecular weight is 270 g/mol. The van der Waals surface area contributed by atoms with Crippen molar-refractivity contribution in [1.82, 2.24) is 0 Å². The van der Waals surface area contributed by atoms with E-state index in [2.05, 4.69) is 4.74 Å². The Balaban J connectivity index is 4.02. The fraction of sp³-hybridized carbons (Fsp3) is 0.500. The lowest BCUT2D eigenvalue weighted by Gasteiger charge is -2.08. The molecular formula is C6H11IN2O2. The highest BCUT2D eigenvalue weighted by molar-refractivity contribution is 14.1. The molecule has 1 unspecified atom stereocenters. The largest absolute Gasteiger partial charge is 0.465 e. The maximum Gasteiger partial charge on any atom is 0.328 e. The van der Waals surface area contributed by atoms with Crippen molar-refractivity contribution >= 4 is 28.6 Å². The van der Waals surface area contributed by atoms with Crippen LogP contribution in [0.5, 0.6) is 0 Å². The summed E-state index contributed by atoms with van der Waals surface area (Å²) in [4.78, 5) is 10.9. The van der Waals surface area contributed by atoms with Crippen LogP contribution >= 0.6 is 22.6 Å². The molecule has 0 saturated heterocycles. The van der Waals surface area contributed by atoms with E-state index in [9.17, 15) is 4.79 Å². The molecule has 4 N–H and O–H groups in total. The molecule has 5 heteroatoms. The third-order valence-corrected chi connectivity index (χ3v) is 2.03. The summed E-state index contributed by atoms with van der Waals surface area (Å²) >= 11 is 1.90. The predicted octanol–water partition coefficient (Wildman–Crippen LogP) is 0.112. The molecule has 0 aliphatic heterocycles. The summed E-state index contributed by atoms with van der Waals surface area (Å²) in [6.45, 7) is 2.06. The quantitative estimate of drug-likeness (QED) is 0.563. The molecule has 0 radical (unpaired) electrons. The van der Waals surface area contributed by atoms with Crippen LogP contribution in [0.3, 0.4) is 0 Å². The predicted molar refractivity (Wildman–Crippen MR) is 50.9 cm³/mol. The van der Waals surface area contributed by atoms with E-state index in [-0.39, 0.29) is 0 Å². The Morgan fingerprint density at radius 1 is 1.82 bits per heavy atom. The van der Waals surface area contributed by atoms with Gasteiger partial charge in [-0.3, -0.25) is 0 Å². The Morgan fingerprint density at radius 2 is 2.36 bits per heavy atom. The summed E-state index contributed by atoms with van der Waals surface area (Å²) in [5.74, 6) is -0.446. The zero-order chi connectivity index (χ0) is 8.85. The molecule has 0 fully saturated rings. The van der Waals surface area contributed by atoms with Gasteiger partial charge in [-0.1, -0.05) is 0 Å². The van der Waals surface area contributed by atoms with Crippen LogP contribution in [0.2, 0.25) is 0 Å². The Bertz CT molecular complexity index is 170. The normalized spacial score (nSPS) is 14.3. The molecule has 0 aliphatic carbocycles. The second kappa shape index (κ2) is 5.36. The van der Waals surface area contributed by atoms with Crippen LogP contribution in [0.15, 0.2) is 9.78 Å². The SMILES string of the molecule is CCOC(=O)C(N)/C(I)=C\N. The first kappa shape index (κ1) is 10.7. The van der Waals surface area contributed by atoms with Crippen LogP contribution in [0.1, 0.15) is 6.92 Å². The van der Waals surface area contributed by atoms with Gasteiger partial charge in [0.1, 0.15) is 6.04 Å². The highest BCUT2D eigenvalue weighted by atomic mass is 127. The van der Waals surface area contributed by atoms with Crippen LogP contribution in [-0.4, -0.2) is 18.6 Å². The maximum atomic E-state index is 10.9. The van der Waals surface area contributed by atoms with Crippen molar-refractivity contribution in [2.75, 3.05) is 6.61 Å². The number of esters is 1. The molecule has 0 amide bonds. The minimum Gasteiger partial charge on any atom is -0.465 e. The number of hydrogen-bond donors (Lipinski definition) is 2. The van der Waals surface area contributed by atoms with E-state index in [1.807, 2.05) is 22.6 Å². The highest BCUT2D eigenvalue weighted by Crippen LogP contribution is 2.08. The summed E-state index contributed by atoms with van der Waals surface area (Å²) in [5, 5.41) is 0. The number of nitrogens with two attached hydrogens (primary N) is 2. The second-order valence-electron chi connectivity index (χ2n) is 1.78. The number of hydrogen-bond acceptors (Lipinski definition) is 4. The van der Waals surface area contributed by atoms with Gasteiger partial charge in [-0.05, 0) is 29.5 Å². The van der Waals surface area contributed by atoms with Gasteiger partial charge in [0.25, 0.3) is 0 Å². The molecule has 0 saturated carbocycles. The molecule has 0 heterocycles.